The van der Waals surface area contributed by atoms with Crippen LogP contribution in [0.2, 0.25) is 0 Å². The molecule has 2 heterocycles. The van der Waals surface area contributed by atoms with Crippen LogP contribution < -0.4 is 5.32 Å². The van der Waals surface area contributed by atoms with E-state index in [-0.39, 0.29) is 24.0 Å². The van der Waals surface area contributed by atoms with Gasteiger partial charge in [0.1, 0.15) is 6.26 Å². The van der Waals surface area contributed by atoms with Crippen LogP contribution in [-0.2, 0) is 17.7 Å². The molecular formula is C22H34IN5O2. The first-order chi connectivity index (χ1) is 14.3. The smallest absolute Gasteiger partial charge is 0.194 e. The highest BCUT2D eigenvalue weighted by molar-refractivity contribution is 14.0. The molecule has 1 aliphatic heterocycles. The van der Waals surface area contributed by atoms with E-state index in [1.807, 2.05) is 12.1 Å². The molecule has 30 heavy (non-hydrogen) atoms. The van der Waals surface area contributed by atoms with Crippen molar-refractivity contribution in [2.45, 2.75) is 26.3 Å². The van der Waals surface area contributed by atoms with Crippen molar-refractivity contribution in [1.29, 1.82) is 0 Å². The normalized spacial score (nSPS) is 15.1. The summed E-state index contributed by atoms with van der Waals surface area (Å²) in [7, 11) is 0. The van der Waals surface area contributed by atoms with Gasteiger partial charge in [-0.15, -0.1) is 24.0 Å². The van der Waals surface area contributed by atoms with E-state index in [1.165, 1.54) is 5.56 Å². The number of nitrogens with zero attached hydrogens (tertiary/aromatic N) is 4. The van der Waals surface area contributed by atoms with Crippen LogP contribution in [0.4, 0.5) is 0 Å². The van der Waals surface area contributed by atoms with Crippen molar-refractivity contribution in [2.75, 3.05) is 52.5 Å². The third kappa shape index (κ3) is 8.61. The Morgan fingerprint density at radius 3 is 2.63 bits per heavy atom. The van der Waals surface area contributed by atoms with Crippen molar-refractivity contribution in [3.63, 3.8) is 0 Å². The van der Waals surface area contributed by atoms with Crippen LogP contribution in [0.3, 0.4) is 0 Å². The van der Waals surface area contributed by atoms with E-state index in [0.717, 1.165) is 83.5 Å². The number of hydrogen-bond donors (Lipinski definition) is 1. The second kappa shape index (κ2) is 14.4. The third-order valence-corrected chi connectivity index (χ3v) is 4.97. The molecule has 1 N–H and O–H groups in total. The summed E-state index contributed by atoms with van der Waals surface area (Å²) >= 11 is 0. The third-order valence-electron chi connectivity index (χ3n) is 4.97. The molecule has 0 atom stereocenters. The lowest BCUT2D eigenvalue weighted by molar-refractivity contribution is 0.136. The Morgan fingerprint density at radius 2 is 1.93 bits per heavy atom. The maximum atomic E-state index is 5.77. The molecule has 0 radical (unpaired) electrons. The van der Waals surface area contributed by atoms with Crippen LogP contribution in [0.1, 0.15) is 24.6 Å². The SMILES string of the molecule is CCNC(=NCCCOCCc1ccccc1)N1CCN(Cc2ccon2)CC1.I. The van der Waals surface area contributed by atoms with Crippen molar-refractivity contribution in [3.8, 4) is 0 Å². The molecule has 1 aromatic heterocycles. The van der Waals surface area contributed by atoms with E-state index in [1.54, 1.807) is 6.26 Å². The predicted octanol–water partition coefficient (Wildman–Crippen LogP) is 3.03. The monoisotopic (exact) mass is 527 g/mol. The lowest BCUT2D eigenvalue weighted by atomic mass is 10.2. The van der Waals surface area contributed by atoms with E-state index in [0.29, 0.717) is 0 Å². The van der Waals surface area contributed by atoms with Crippen LogP contribution >= 0.6 is 24.0 Å². The molecule has 3 rings (SSSR count). The van der Waals surface area contributed by atoms with Gasteiger partial charge in [0, 0.05) is 58.5 Å². The quantitative estimate of drug-likeness (QED) is 0.222. The highest BCUT2D eigenvalue weighted by Gasteiger charge is 2.20. The molecule has 0 unspecified atom stereocenters. The number of nitrogens with one attached hydrogen (secondary N) is 1. The minimum Gasteiger partial charge on any atom is -0.381 e. The van der Waals surface area contributed by atoms with E-state index >= 15 is 0 Å². The first-order valence-corrected chi connectivity index (χ1v) is 10.6. The molecule has 2 aromatic rings. The van der Waals surface area contributed by atoms with Gasteiger partial charge in [0.15, 0.2) is 5.96 Å². The fraction of sp³-hybridized carbons (Fsp3) is 0.545. The summed E-state index contributed by atoms with van der Waals surface area (Å²) in [6.07, 6.45) is 3.54. The molecule has 7 nitrogen and oxygen atoms in total. The van der Waals surface area contributed by atoms with E-state index in [2.05, 4.69) is 51.5 Å². The zero-order valence-corrected chi connectivity index (χ0v) is 20.2. The van der Waals surface area contributed by atoms with Gasteiger partial charge in [-0.2, -0.15) is 0 Å². The van der Waals surface area contributed by atoms with Crippen molar-refractivity contribution >= 4 is 29.9 Å². The van der Waals surface area contributed by atoms with Crippen LogP contribution in [0.15, 0.2) is 52.2 Å². The van der Waals surface area contributed by atoms with Gasteiger partial charge >= 0.3 is 0 Å². The Kier molecular flexibility index (Phi) is 11.8. The van der Waals surface area contributed by atoms with Gasteiger partial charge in [0.25, 0.3) is 0 Å². The van der Waals surface area contributed by atoms with Crippen LogP contribution in [0.5, 0.6) is 0 Å². The topological polar surface area (TPSA) is 66.1 Å². The predicted molar refractivity (Wildman–Crippen MR) is 130 cm³/mol. The zero-order chi connectivity index (χ0) is 20.2. The number of aliphatic imine (C=N–C) groups is 1. The van der Waals surface area contributed by atoms with Gasteiger partial charge in [-0.25, -0.2) is 0 Å². The fourth-order valence-electron chi connectivity index (χ4n) is 3.38. The number of halogens is 1. The molecule has 0 amide bonds. The first-order valence-electron chi connectivity index (χ1n) is 10.6. The molecule has 0 bridgehead atoms. The fourth-order valence-corrected chi connectivity index (χ4v) is 3.38. The highest BCUT2D eigenvalue weighted by Crippen LogP contribution is 2.07. The van der Waals surface area contributed by atoms with E-state index in [4.69, 9.17) is 14.3 Å². The molecule has 1 aliphatic rings. The minimum absolute atomic E-state index is 0. The van der Waals surface area contributed by atoms with Gasteiger partial charge in [-0.05, 0) is 25.3 Å². The standard InChI is InChI=1S/C22H33N5O2.HI/c1-2-23-22(24-11-6-16-28-17-9-20-7-4-3-5-8-20)27-14-12-26(13-15-27)19-21-10-18-29-25-21;/h3-5,7-8,10,18H,2,6,9,11-17,19H2,1H3,(H,23,24);1H. The van der Waals surface area contributed by atoms with Crippen LogP contribution in [0, 0.1) is 0 Å². The molecule has 0 spiro atoms. The van der Waals surface area contributed by atoms with Crippen molar-refractivity contribution < 1.29 is 9.26 Å². The van der Waals surface area contributed by atoms with Crippen LogP contribution in [0.25, 0.3) is 0 Å². The summed E-state index contributed by atoms with van der Waals surface area (Å²) in [5.41, 5.74) is 2.31. The zero-order valence-electron chi connectivity index (χ0n) is 17.8. The molecule has 1 fully saturated rings. The summed E-state index contributed by atoms with van der Waals surface area (Å²) in [4.78, 5) is 9.55. The van der Waals surface area contributed by atoms with Crippen molar-refractivity contribution in [2.24, 2.45) is 4.99 Å². The van der Waals surface area contributed by atoms with Gasteiger partial charge in [0.05, 0.1) is 12.3 Å². The Morgan fingerprint density at radius 1 is 1.13 bits per heavy atom. The average molecular weight is 527 g/mol. The second-order valence-corrected chi connectivity index (χ2v) is 7.19. The van der Waals surface area contributed by atoms with E-state index < -0.39 is 0 Å². The summed E-state index contributed by atoms with van der Waals surface area (Å²) in [6, 6.07) is 12.4. The molecule has 0 saturated carbocycles. The van der Waals surface area contributed by atoms with Gasteiger partial charge in [-0.3, -0.25) is 9.89 Å². The van der Waals surface area contributed by atoms with E-state index in [9.17, 15) is 0 Å². The average Bonchev–Trinajstić information content (AvgIpc) is 3.27. The Hall–Kier alpha value is -1.65. The summed E-state index contributed by atoms with van der Waals surface area (Å²) in [6.45, 7) is 10.1. The van der Waals surface area contributed by atoms with Gasteiger partial charge in [-0.1, -0.05) is 35.5 Å². The van der Waals surface area contributed by atoms with Gasteiger partial charge < -0.3 is 19.5 Å². The Labute approximate surface area is 196 Å². The Balaban J connectivity index is 0.00000320. The first kappa shape index (κ1) is 24.6. The number of guanidine groups is 1. The van der Waals surface area contributed by atoms with Crippen molar-refractivity contribution in [3.05, 3.63) is 53.9 Å². The number of piperazine rings is 1. The maximum absolute atomic E-state index is 5.77. The Bertz CT molecular complexity index is 704. The maximum Gasteiger partial charge on any atom is 0.194 e. The molecule has 0 aliphatic carbocycles. The lowest BCUT2D eigenvalue weighted by Crippen LogP contribution is -2.52. The highest BCUT2D eigenvalue weighted by atomic mass is 127. The molecule has 166 valence electrons. The minimum atomic E-state index is 0. The number of ether oxygens (including phenoxy) is 1. The molecular weight excluding hydrogens is 493 g/mol. The summed E-state index contributed by atoms with van der Waals surface area (Å²) in [5, 5.41) is 7.43. The molecule has 1 saturated heterocycles. The second-order valence-electron chi connectivity index (χ2n) is 7.19. The van der Waals surface area contributed by atoms with Crippen molar-refractivity contribution in [1.82, 2.24) is 20.3 Å². The summed E-state index contributed by atoms with van der Waals surface area (Å²) in [5.74, 6) is 1.01. The molecule has 1 aromatic carbocycles. The van der Waals surface area contributed by atoms with Crippen LogP contribution in [-0.4, -0.2) is 73.4 Å². The van der Waals surface area contributed by atoms with Gasteiger partial charge in [0.2, 0.25) is 0 Å². The number of hydrogen-bond acceptors (Lipinski definition) is 5. The number of aromatic nitrogens is 1. The summed E-state index contributed by atoms with van der Waals surface area (Å²) < 4.78 is 10.7. The molecule has 8 heteroatoms. The number of rotatable bonds is 10. The lowest BCUT2D eigenvalue weighted by Gasteiger charge is -2.36. The largest absolute Gasteiger partial charge is 0.381 e. The number of benzene rings is 1.